The van der Waals surface area contributed by atoms with Gasteiger partial charge in [0.15, 0.2) is 6.10 Å². The highest BCUT2D eigenvalue weighted by atomic mass is 19.4. The van der Waals surface area contributed by atoms with Gasteiger partial charge in [-0.2, -0.15) is 13.2 Å². The van der Waals surface area contributed by atoms with Crippen LogP contribution in [0.1, 0.15) is 25.5 Å². The standard InChI is InChI=1S/C11H13F3O2/c1-7(2)16-9-5-3-8(4-6-9)10(15)11(12,13)14/h3-7,10,15H,1-2H3/t10-/m1/s1. The zero-order chi connectivity index (χ0) is 12.3. The Morgan fingerprint density at radius 3 is 2.00 bits per heavy atom. The van der Waals surface area contributed by atoms with Crippen LogP contribution in [-0.4, -0.2) is 17.4 Å². The largest absolute Gasteiger partial charge is 0.491 e. The zero-order valence-corrected chi connectivity index (χ0v) is 8.95. The first kappa shape index (κ1) is 12.8. The van der Waals surface area contributed by atoms with Crippen molar-refractivity contribution in [2.75, 3.05) is 0 Å². The summed E-state index contributed by atoms with van der Waals surface area (Å²) >= 11 is 0. The Kier molecular flexibility index (Phi) is 3.80. The van der Waals surface area contributed by atoms with E-state index in [0.29, 0.717) is 5.75 Å². The van der Waals surface area contributed by atoms with Crippen molar-refractivity contribution >= 4 is 0 Å². The molecule has 1 atom stereocenters. The maximum atomic E-state index is 12.2. The van der Waals surface area contributed by atoms with Gasteiger partial charge < -0.3 is 9.84 Å². The number of rotatable bonds is 3. The minimum Gasteiger partial charge on any atom is -0.491 e. The van der Waals surface area contributed by atoms with Crippen LogP contribution < -0.4 is 4.74 Å². The molecule has 1 rings (SSSR count). The van der Waals surface area contributed by atoms with Gasteiger partial charge in [-0.3, -0.25) is 0 Å². The monoisotopic (exact) mass is 234 g/mol. The lowest BCUT2D eigenvalue weighted by Gasteiger charge is -2.15. The maximum Gasteiger partial charge on any atom is 0.418 e. The third-order valence-corrected chi connectivity index (χ3v) is 1.88. The van der Waals surface area contributed by atoms with Crippen LogP contribution in [0.25, 0.3) is 0 Å². The predicted octanol–water partition coefficient (Wildman–Crippen LogP) is 3.07. The Labute approximate surface area is 91.7 Å². The minimum atomic E-state index is -4.64. The summed E-state index contributed by atoms with van der Waals surface area (Å²) in [6.45, 7) is 3.64. The first-order valence-electron chi connectivity index (χ1n) is 4.82. The van der Waals surface area contributed by atoms with Crippen LogP contribution in [-0.2, 0) is 0 Å². The van der Waals surface area contributed by atoms with Gasteiger partial charge in [-0.25, -0.2) is 0 Å². The minimum absolute atomic E-state index is 0.0432. The lowest BCUT2D eigenvalue weighted by atomic mass is 10.1. The second-order valence-electron chi connectivity index (χ2n) is 3.68. The average molecular weight is 234 g/mol. The molecule has 16 heavy (non-hydrogen) atoms. The van der Waals surface area contributed by atoms with Crippen molar-refractivity contribution in [2.45, 2.75) is 32.2 Å². The summed E-state index contributed by atoms with van der Waals surface area (Å²) < 4.78 is 41.8. The number of halogens is 3. The van der Waals surface area contributed by atoms with E-state index in [4.69, 9.17) is 9.84 Å². The van der Waals surface area contributed by atoms with E-state index in [1.807, 2.05) is 13.8 Å². The van der Waals surface area contributed by atoms with Crippen LogP contribution >= 0.6 is 0 Å². The van der Waals surface area contributed by atoms with Gasteiger partial charge in [-0.1, -0.05) is 12.1 Å². The van der Waals surface area contributed by atoms with Crippen molar-refractivity contribution in [3.05, 3.63) is 29.8 Å². The van der Waals surface area contributed by atoms with Crippen molar-refractivity contribution in [1.29, 1.82) is 0 Å². The smallest absolute Gasteiger partial charge is 0.418 e. The van der Waals surface area contributed by atoms with Gasteiger partial charge in [0, 0.05) is 0 Å². The lowest BCUT2D eigenvalue weighted by Crippen LogP contribution is -2.20. The van der Waals surface area contributed by atoms with E-state index in [9.17, 15) is 13.2 Å². The summed E-state index contributed by atoms with van der Waals surface area (Å²) in [5, 5.41) is 8.96. The number of ether oxygens (including phenoxy) is 1. The molecule has 0 aliphatic rings. The van der Waals surface area contributed by atoms with Crippen molar-refractivity contribution in [3.8, 4) is 5.75 Å². The van der Waals surface area contributed by atoms with Gasteiger partial charge >= 0.3 is 6.18 Å². The maximum absolute atomic E-state index is 12.2. The van der Waals surface area contributed by atoms with E-state index in [1.54, 1.807) is 0 Å². The number of alkyl halides is 3. The van der Waals surface area contributed by atoms with E-state index in [0.717, 1.165) is 0 Å². The molecule has 2 nitrogen and oxygen atoms in total. The van der Waals surface area contributed by atoms with E-state index < -0.39 is 12.3 Å². The van der Waals surface area contributed by atoms with Crippen molar-refractivity contribution in [2.24, 2.45) is 0 Å². The Bertz CT molecular complexity index is 330. The summed E-state index contributed by atoms with van der Waals surface area (Å²) in [5.74, 6) is 0.480. The van der Waals surface area contributed by atoms with Crippen molar-refractivity contribution in [3.63, 3.8) is 0 Å². The first-order valence-corrected chi connectivity index (χ1v) is 4.82. The summed E-state index contributed by atoms with van der Waals surface area (Å²) in [7, 11) is 0. The zero-order valence-electron chi connectivity index (χ0n) is 8.95. The highest BCUT2D eigenvalue weighted by Crippen LogP contribution is 2.32. The number of hydrogen-bond donors (Lipinski definition) is 1. The van der Waals surface area contributed by atoms with Crippen LogP contribution in [0.3, 0.4) is 0 Å². The van der Waals surface area contributed by atoms with Crippen LogP contribution in [0.15, 0.2) is 24.3 Å². The summed E-state index contributed by atoms with van der Waals surface area (Å²) in [4.78, 5) is 0. The number of aliphatic hydroxyl groups excluding tert-OH is 1. The van der Waals surface area contributed by atoms with Crippen LogP contribution in [0.2, 0.25) is 0 Å². The molecule has 0 saturated carbocycles. The molecule has 1 aromatic carbocycles. The van der Waals surface area contributed by atoms with Gasteiger partial charge in [0.25, 0.3) is 0 Å². The van der Waals surface area contributed by atoms with E-state index in [1.165, 1.54) is 24.3 Å². The van der Waals surface area contributed by atoms with E-state index >= 15 is 0 Å². The SMILES string of the molecule is CC(C)Oc1ccc([C@@H](O)C(F)(F)F)cc1. The van der Waals surface area contributed by atoms with E-state index in [-0.39, 0.29) is 11.7 Å². The molecular weight excluding hydrogens is 221 g/mol. The molecule has 0 aliphatic carbocycles. The highest BCUT2D eigenvalue weighted by molar-refractivity contribution is 5.29. The predicted molar refractivity (Wildman–Crippen MR) is 53.2 cm³/mol. The van der Waals surface area contributed by atoms with Crippen molar-refractivity contribution in [1.82, 2.24) is 0 Å². The molecule has 0 fully saturated rings. The second-order valence-corrected chi connectivity index (χ2v) is 3.68. The van der Waals surface area contributed by atoms with Gasteiger partial charge in [-0.05, 0) is 31.5 Å². The Morgan fingerprint density at radius 1 is 1.12 bits per heavy atom. The van der Waals surface area contributed by atoms with E-state index in [2.05, 4.69) is 0 Å². The molecule has 0 radical (unpaired) electrons. The molecule has 0 spiro atoms. The highest BCUT2D eigenvalue weighted by Gasteiger charge is 2.39. The van der Waals surface area contributed by atoms with Crippen LogP contribution in [0.4, 0.5) is 13.2 Å². The summed E-state index contributed by atoms with van der Waals surface area (Å²) in [5.41, 5.74) is -0.191. The molecule has 1 N–H and O–H groups in total. The second kappa shape index (κ2) is 4.74. The molecule has 0 heterocycles. The normalized spacial score (nSPS) is 13.9. The summed E-state index contributed by atoms with van der Waals surface area (Å²) in [6.07, 6.45) is -7.13. The van der Waals surface area contributed by atoms with Crippen LogP contribution in [0.5, 0.6) is 5.75 Å². The molecule has 0 saturated heterocycles. The lowest BCUT2D eigenvalue weighted by molar-refractivity contribution is -0.206. The Balaban J connectivity index is 2.79. The molecule has 0 unspecified atom stereocenters. The van der Waals surface area contributed by atoms with Crippen molar-refractivity contribution < 1.29 is 23.0 Å². The van der Waals surface area contributed by atoms with Gasteiger partial charge in [0.1, 0.15) is 5.75 Å². The number of aliphatic hydroxyl groups is 1. The molecule has 0 amide bonds. The Morgan fingerprint density at radius 2 is 1.62 bits per heavy atom. The fourth-order valence-corrected chi connectivity index (χ4v) is 1.19. The number of hydrogen-bond acceptors (Lipinski definition) is 2. The molecule has 0 aromatic heterocycles. The van der Waals surface area contributed by atoms with Gasteiger partial charge in [0.2, 0.25) is 0 Å². The summed E-state index contributed by atoms with van der Waals surface area (Å²) in [6, 6.07) is 5.22. The molecule has 0 aliphatic heterocycles. The molecular formula is C11H13F3O2. The fourth-order valence-electron chi connectivity index (χ4n) is 1.19. The van der Waals surface area contributed by atoms with Gasteiger partial charge in [-0.15, -0.1) is 0 Å². The first-order chi connectivity index (χ1) is 7.30. The fraction of sp³-hybridized carbons (Fsp3) is 0.455. The molecule has 5 heteroatoms. The van der Waals surface area contributed by atoms with Crippen LogP contribution in [0, 0.1) is 0 Å². The molecule has 0 bridgehead atoms. The third kappa shape index (κ3) is 3.41. The Hall–Kier alpha value is -1.23. The molecule has 90 valence electrons. The molecule has 1 aromatic rings. The average Bonchev–Trinajstić information content (AvgIpc) is 2.15. The third-order valence-electron chi connectivity index (χ3n) is 1.88. The topological polar surface area (TPSA) is 29.5 Å². The number of benzene rings is 1. The van der Waals surface area contributed by atoms with Gasteiger partial charge in [0.05, 0.1) is 6.10 Å². The quantitative estimate of drug-likeness (QED) is 0.870.